The van der Waals surface area contributed by atoms with E-state index in [1.807, 2.05) is 45.0 Å². The summed E-state index contributed by atoms with van der Waals surface area (Å²) in [6.07, 6.45) is 2.07. The van der Waals surface area contributed by atoms with Gasteiger partial charge in [-0.05, 0) is 70.5 Å². The minimum Gasteiger partial charge on any atom is -0.486 e. The van der Waals surface area contributed by atoms with Gasteiger partial charge in [-0.2, -0.15) is 9.78 Å². The van der Waals surface area contributed by atoms with Crippen molar-refractivity contribution >= 4 is 22.8 Å². The highest BCUT2D eigenvalue weighted by Crippen LogP contribution is 2.31. The van der Waals surface area contributed by atoms with Gasteiger partial charge in [-0.25, -0.2) is 4.79 Å². The molecule has 0 atom stereocenters. The highest BCUT2D eigenvalue weighted by molar-refractivity contribution is 6.06. The molecular formula is C27H31N3O5. The van der Waals surface area contributed by atoms with Crippen molar-refractivity contribution in [1.29, 1.82) is 0 Å². The Morgan fingerprint density at radius 1 is 1.06 bits per heavy atom. The van der Waals surface area contributed by atoms with Crippen LogP contribution in [0.15, 0.2) is 40.8 Å². The number of nitrogens with zero attached hydrogens (tertiary/aromatic N) is 3. The Bertz CT molecular complexity index is 1380. The van der Waals surface area contributed by atoms with E-state index in [2.05, 4.69) is 16.6 Å². The van der Waals surface area contributed by atoms with E-state index in [-0.39, 0.29) is 24.2 Å². The minimum atomic E-state index is -0.333. The summed E-state index contributed by atoms with van der Waals surface area (Å²) in [5, 5.41) is 5.02. The molecule has 4 aromatic rings. The monoisotopic (exact) mass is 477 g/mol. The van der Waals surface area contributed by atoms with Gasteiger partial charge in [-0.1, -0.05) is 13.3 Å². The van der Waals surface area contributed by atoms with Crippen LogP contribution in [0.1, 0.15) is 70.4 Å². The van der Waals surface area contributed by atoms with Crippen molar-refractivity contribution in [3.05, 3.63) is 70.6 Å². The van der Waals surface area contributed by atoms with Crippen LogP contribution in [0.3, 0.4) is 0 Å². The fraction of sp³-hybridized carbons (Fsp3) is 0.370. The molecule has 0 bridgehead atoms. The van der Waals surface area contributed by atoms with E-state index in [0.717, 1.165) is 47.4 Å². The Morgan fingerprint density at radius 3 is 2.54 bits per heavy atom. The summed E-state index contributed by atoms with van der Waals surface area (Å²) in [5.74, 6) is 0.640. The molecule has 8 nitrogen and oxygen atoms in total. The molecule has 4 rings (SSSR count). The largest absolute Gasteiger partial charge is 0.486 e. The summed E-state index contributed by atoms with van der Waals surface area (Å²) in [7, 11) is 0. The van der Waals surface area contributed by atoms with Gasteiger partial charge in [0.1, 0.15) is 18.1 Å². The maximum Gasteiger partial charge on any atom is 0.340 e. The standard InChI is InChI=1S/C27H31N3O5/c1-6-8-13-29-19(5)25(27(32)33-7-2)22-15-20(9-11-23(22)29)34-16-21-10-12-24(35-21)26(31)30-18(4)14-17(3)28-30/h9-12,14-15H,6-8,13,16H2,1-5H3. The number of furan rings is 1. The molecule has 8 heteroatoms. The molecule has 0 saturated heterocycles. The molecule has 3 heterocycles. The van der Waals surface area contributed by atoms with Crippen LogP contribution in [-0.2, 0) is 17.9 Å². The molecule has 0 radical (unpaired) electrons. The van der Waals surface area contributed by atoms with Crippen LogP contribution in [0.2, 0.25) is 0 Å². The summed E-state index contributed by atoms with van der Waals surface area (Å²) in [5.41, 5.74) is 3.94. The second-order valence-corrected chi connectivity index (χ2v) is 8.56. The fourth-order valence-corrected chi connectivity index (χ4v) is 4.28. The predicted octanol–water partition coefficient (Wildman–Crippen LogP) is 5.60. The molecule has 1 aromatic carbocycles. The lowest BCUT2D eigenvalue weighted by Crippen LogP contribution is -2.14. The number of aryl methyl sites for hydroxylation is 3. The number of aromatic nitrogens is 3. The van der Waals surface area contributed by atoms with E-state index in [9.17, 15) is 9.59 Å². The van der Waals surface area contributed by atoms with Crippen LogP contribution in [0.5, 0.6) is 5.75 Å². The van der Waals surface area contributed by atoms with E-state index in [4.69, 9.17) is 13.9 Å². The second-order valence-electron chi connectivity index (χ2n) is 8.56. The van der Waals surface area contributed by atoms with Gasteiger partial charge in [0.15, 0.2) is 5.76 Å². The zero-order valence-electron chi connectivity index (χ0n) is 20.9. The summed E-state index contributed by atoms with van der Waals surface area (Å²) in [6.45, 7) is 10.8. The fourth-order valence-electron chi connectivity index (χ4n) is 4.28. The highest BCUT2D eigenvalue weighted by Gasteiger charge is 2.22. The third-order valence-corrected chi connectivity index (χ3v) is 5.97. The number of hydrogen-bond donors (Lipinski definition) is 0. The Morgan fingerprint density at radius 2 is 1.86 bits per heavy atom. The lowest BCUT2D eigenvalue weighted by Gasteiger charge is -2.08. The molecule has 3 aromatic heterocycles. The third-order valence-electron chi connectivity index (χ3n) is 5.97. The lowest BCUT2D eigenvalue weighted by atomic mass is 10.1. The van der Waals surface area contributed by atoms with Crippen LogP contribution in [0.25, 0.3) is 10.9 Å². The van der Waals surface area contributed by atoms with E-state index in [0.29, 0.717) is 23.7 Å². The van der Waals surface area contributed by atoms with E-state index < -0.39 is 0 Å². The smallest absolute Gasteiger partial charge is 0.340 e. The first kappa shape index (κ1) is 24.3. The number of ether oxygens (including phenoxy) is 2. The number of esters is 1. The predicted molar refractivity (Wildman–Crippen MR) is 132 cm³/mol. The number of carbonyl (C=O) groups is 2. The van der Waals surface area contributed by atoms with Gasteiger partial charge >= 0.3 is 11.9 Å². The molecule has 0 spiro atoms. The Labute approximate surface area is 204 Å². The van der Waals surface area contributed by atoms with Gasteiger partial charge in [-0.3, -0.25) is 4.79 Å². The zero-order chi connectivity index (χ0) is 25.1. The average molecular weight is 478 g/mol. The number of hydrogen-bond acceptors (Lipinski definition) is 6. The van der Waals surface area contributed by atoms with Gasteiger partial charge in [0, 0.05) is 28.8 Å². The van der Waals surface area contributed by atoms with Crippen LogP contribution < -0.4 is 4.74 Å². The second kappa shape index (κ2) is 10.2. The Hall–Kier alpha value is -3.81. The topological polar surface area (TPSA) is 88.5 Å². The summed E-state index contributed by atoms with van der Waals surface area (Å²) >= 11 is 0. The maximum atomic E-state index is 12.7. The lowest BCUT2D eigenvalue weighted by molar-refractivity contribution is 0.0527. The van der Waals surface area contributed by atoms with E-state index in [1.165, 1.54) is 4.68 Å². The summed E-state index contributed by atoms with van der Waals surface area (Å²) < 4.78 is 20.5. The molecule has 35 heavy (non-hydrogen) atoms. The van der Waals surface area contributed by atoms with Gasteiger partial charge < -0.3 is 18.5 Å². The SMILES string of the molecule is CCCCn1c(C)c(C(=O)OCC)c2cc(OCc3ccc(C(=O)n4nc(C)cc4C)o3)ccc21. The first-order chi connectivity index (χ1) is 16.8. The van der Waals surface area contributed by atoms with Crippen molar-refractivity contribution in [1.82, 2.24) is 14.3 Å². The average Bonchev–Trinajstić information content (AvgIpc) is 3.51. The van der Waals surface area contributed by atoms with Crippen LogP contribution in [-0.4, -0.2) is 32.8 Å². The normalized spacial score (nSPS) is 11.2. The third kappa shape index (κ3) is 4.87. The summed E-state index contributed by atoms with van der Waals surface area (Å²) in [4.78, 5) is 25.4. The van der Waals surface area contributed by atoms with Gasteiger partial charge in [0.2, 0.25) is 0 Å². The molecule has 0 saturated carbocycles. The van der Waals surface area contributed by atoms with Crippen LogP contribution >= 0.6 is 0 Å². The molecule has 0 amide bonds. The number of benzene rings is 1. The quantitative estimate of drug-likeness (QED) is 0.292. The zero-order valence-corrected chi connectivity index (χ0v) is 20.9. The molecule has 0 N–H and O–H groups in total. The maximum absolute atomic E-state index is 12.7. The van der Waals surface area contributed by atoms with E-state index in [1.54, 1.807) is 19.1 Å². The molecule has 0 aliphatic rings. The molecule has 0 unspecified atom stereocenters. The number of fused-ring (bicyclic) bond motifs is 1. The van der Waals surface area contributed by atoms with Crippen molar-refractivity contribution in [2.75, 3.05) is 6.61 Å². The van der Waals surface area contributed by atoms with Crippen molar-refractivity contribution < 1.29 is 23.5 Å². The molecular weight excluding hydrogens is 446 g/mol. The van der Waals surface area contributed by atoms with Crippen LogP contribution in [0, 0.1) is 20.8 Å². The van der Waals surface area contributed by atoms with Crippen molar-refractivity contribution in [3.63, 3.8) is 0 Å². The van der Waals surface area contributed by atoms with Gasteiger partial charge in [-0.15, -0.1) is 0 Å². The van der Waals surface area contributed by atoms with E-state index >= 15 is 0 Å². The van der Waals surface area contributed by atoms with Crippen molar-refractivity contribution in [2.24, 2.45) is 0 Å². The Balaban J connectivity index is 1.56. The van der Waals surface area contributed by atoms with Crippen LogP contribution in [0.4, 0.5) is 0 Å². The molecule has 0 aliphatic heterocycles. The number of carbonyl (C=O) groups excluding carboxylic acids is 2. The molecule has 184 valence electrons. The number of unbranched alkanes of at least 4 members (excludes halogenated alkanes) is 1. The summed E-state index contributed by atoms with van der Waals surface area (Å²) in [6, 6.07) is 10.9. The van der Waals surface area contributed by atoms with Crippen molar-refractivity contribution in [2.45, 2.75) is 60.6 Å². The first-order valence-corrected chi connectivity index (χ1v) is 11.9. The van der Waals surface area contributed by atoms with Gasteiger partial charge in [0.25, 0.3) is 0 Å². The first-order valence-electron chi connectivity index (χ1n) is 11.9. The van der Waals surface area contributed by atoms with Crippen molar-refractivity contribution in [3.8, 4) is 5.75 Å². The Kier molecular flexibility index (Phi) is 7.10. The van der Waals surface area contributed by atoms with Gasteiger partial charge in [0.05, 0.1) is 17.9 Å². The minimum absolute atomic E-state index is 0.139. The highest BCUT2D eigenvalue weighted by atomic mass is 16.5. The molecule has 0 aliphatic carbocycles. The number of rotatable bonds is 9. The molecule has 0 fully saturated rings.